The molecule has 3 rings (SSSR count). The zero-order chi connectivity index (χ0) is 19.9. The molecule has 8 nitrogen and oxygen atoms in total. The Morgan fingerprint density at radius 1 is 0.964 bits per heavy atom. The van der Waals surface area contributed by atoms with E-state index in [-0.39, 0.29) is 0 Å². The first-order chi connectivity index (χ1) is 13.6. The van der Waals surface area contributed by atoms with E-state index in [9.17, 15) is 20.4 Å². The summed E-state index contributed by atoms with van der Waals surface area (Å²) < 4.78 is 5.20. The molecule has 1 fully saturated rings. The van der Waals surface area contributed by atoms with Crippen LogP contribution in [-0.4, -0.2) is 63.6 Å². The van der Waals surface area contributed by atoms with Gasteiger partial charge in [-0.2, -0.15) is 0 Å². The van der Waals surface area contributed by atoms with Crippen LogP contribution in [-0.2, 0) is 11.3 Å². The highest BCUT2D eigenvalue weighted by Gasteiger charge is 2.45. The topological polar surface area (TPSA) is 127 Å². The molecule has 6 N–H and O–H groups in total. The number of aliphatic imine (C=N–C) groups is 1. The van der Waals surface area contributed by atoms with Crippen LogP contribution < -0.4 is 10.6 Å². The minimum absolute atomic E-state index is 0.362. The first-order valence-corrected chi connectivity index (χ1v) is 9.06. The summed E-state index contributed by atoms with van der Waals surface area (Å²) in [4.78, 5) is 4.53. The molecule has 2 aromatic carbocycles. The molecule has 28 heavy (non-hydrogen) atoms. The van der Waals surface area contributed by atoms with Crippen LogP contribution in [0.3, 0.4) is 0 Å². The third-order valence-corrected chi connectivity index (χ3v) is 4.49. The van der Waals surface area contributed by atoms with Crippen molar-refractivity contribution in [3.05, 3.63) is 66.2 Å². The van der Waals surface area contributed by atoms with E-state index in [2.05, 4.69) is 15.6 Å². The zero-order valence-corrected chi connectivity index (χ0v) is 15.2. The number of hydrogen-bond donors (Lipinski definition) is 6. The van der Waals surface area contributed by atoms with Crippen molar-refractivity contribution < 1.29 is 25.2 Å². The first kappa shape index (κ1) is 20.2. The molecular formula is C20H25N3O5. The van der Waals surface area contributed by atoms with Gasteiger partial charge in [-0.05, 0) is 17.7 Å². The number of aliphatic hydroxyl groups is 4. The van der Waals surface area contributed by atoms with Crippen molar-refractivity contribution in [3.8, 4) is 0 Å². The number of para-hydroxylation sites is 1. The van der Waals surface area contributed by atoms with E-state index in [1.807, 2.05) is 60.7 Å². The zero-order valence-electron chi connectivity index (χ0n) is 15.2. The number of rotatable bonds is 6. The molecule has 0 spiro atoms. The predicted octanol–water partition coefficient (Wildman–Crippen LogP) is 0.0442. The quantitative estimate of drug-likeness (QED) is 0.305. The van der Waals surface area contributed by atoms with E-state index in [1.54, 1.807) is 0 Å². The van der Waals surface area contributed by atoms with Gasteiger partial charge in [-0.25, -0.2) is 4.99 Å². The smallest absolute Gasteiger partial charge is 0.196 e. The summed E-state index contributed by atoms with van der Waals surface area (Å²) in [6.45, 7) is -0.0114. The minimum atomic E-state index is -1.51. The number of nitrogens with zero attached hydrogens (tertiary/aromatic N) is 1. The lowest BCUT2D eigenvalue weighted by Crippen LogP contribution is -2.52. The third-order valence-electron chi connectivity index (χ3n) is 4.49. The number of aliphatic hydroxyl groups excluding tert-OH is 4. The fourth-order valence-electron chi connectivity index (χ4n) is 2.96. The minimum Gasteiger partial charge on any atom is -0.394 e. The van der Waals surface area contributed by atoms with Crippen LogP contribution >= 0.6 is 0 Å². The molecule has 0 amide bonds. The van der Waals surface area contributed by atoms with E-state index in [1.165, 1.54) is 0 Å². The summed E-state index contributed by atoms with van der Waals surface area (Å²) in [6, 6.07) is 18.2. The van der Waals surface area contributed by atoms with E-state index in [0.29, 0.717) is 12.5 Å². The molecule has 0 saturated carbocycles. The molecule has 0 aromatic heterocycles. The molecule has 1 aliphatic heterocycles. The van der Waals surface area contributed by atoms with Gasteiger partial charge in [0.25, 0.3) is 0 Å². The number of hydrogen-bond acceptors (Lipinski definition) is 6. The van der Waals surface area contributed by atoms with Crippen LogP contribution in [0.1, 0.15) is 5.56 Å². The molecule has 5 atom stereocenters. The van der Waals surface area contributed by atoms with Gasteiger partial charge in [-0.1, -0.05) is 48.5 Å². The van der Waals surface area contributed by atoms with Gasteiger partial charge in [0.2, 0.25) is 0 Å². The van der Waals surface area contributed by atoms with Gasteiger partial charge < -0.3 is 35.8 Å². The normalized spacial score (nSPS) is 26.1. The van der Waals surface area contributed by atoms with Crippen LogP contribution in [0.5, 0.6) is 0 Å². The van der Waals surface area contributed by atoms with Crippen molar-refractivity contribution in [1.82, 2.24) is 5.32 Å². The Morgan fingerprint density at radius 3 is 2.18 bits per heavy atom. The maximum Gasteiger partial charge on any atom is 0.196 e. The highest BCUT2D eigenvalue weighted by atomic mass is 16.6. The van der Waals surface area contributed by atoms with E-state index >= 15 is 0 Å². The molecule has 1 aliphatic rings. The molecular weight excluding hydrogens is 362 g/mol. The Morgan fingerprint density at radius 2 is 1.61 bits per heavy atom. The molecule has 0 bridgehead atoms. The van der Waals surface area contributed by atoms with Crippen LogP contribution in [0.15, 0.2) is 65.7 Å². The maximum absolute atomic E-state index is 10.1. The van der Waals surface area contributed by atoms with Gasteiger partial charge >= 0.3 is 0 Å². The molecule has 1 saturated heterocycles. The SMILES string of the molecule is OC[C@H](NC(=NCc1ccccc1)Nc1ccccc1)[C@H]1OC(O)[C@H](O)[C@H]1O. The van der Waals surface area contributed by atoms with E-state index < -0.39 is 37.3 Å². The van der Waals surface area contributed by atoms with Crippen LogP contribution in [0.4, 0.5) is 5.69 Å². The number of nitrogens with one attached hydrogen (secondary N) is 2. The lowest BCUT2D eigenvalue weighted by molar-refractivity contribution is -0.132. The van der Waals surface area contributed by atoms with Crippen LogP contribution in [0.25, 0.3) is 0 Å². The lowest BCUT2D eigenvalue weighted by atomic mass is 10.0. The second kappa shape index (κ2) is 9.63. The largest absolute Gasteiger partial charge is 0.394 e. The standard InChI is InChI=1S/C20H25N3O5/c24-12-15(18-16(25)17(26)19(27)28-18)23-20(22-14-9-5-2-6-10-14)21-11-13-7-3-1-4-8-13/h1-10,15-19,24-27H,11-12H2,(H2,21,22,23)/t15-,16+,17+,18+,19?/m0/s1. The van der Waals surface area contributed by atoms with Crippen molar-refractivity contribution in [1.29, 1.82) is 0 Å². The summed E-state index contributed by atoms with van der Waals surface area (Å²) in [5, 5.41) is 45.4. The molecule has 1 unspecified atom stereocenters. The Kier molecular flexibility index (Phi) is 6.96. The van der Waals surface area contributed by atoms with Gasteiger partial charge in [-0.3, -0.25) is 0 Å². The van der Waals surface area contributed by atoms with Gasteiger partial charge in [0.1, 0.15) is 18.3 Å². The van der Waals surface area contributed by atoms with Crippen LogP contribution in [0.2, 0.25) is 0 Å². The van der Waals surface area contributed by atoms with Crippen molar-refractivity contribution in [2.45, 2.75) is 37.2 Å². The summed E-state index contributed by atoms with van der Waals surface area (Å²) in [7, 11) is 0. The fourth-order valence-corrected chi connectivity index (χ4v) is 2.96. The molecule has 0 aliphatic carbocycles. The summed E-state index contributed by atoms with van der Waals surface area (Å²) in [6.07, 6.45) is -5.29. The highest BCUT2D eigenvalue weighted by Crippen LogP contribution is 2.22. The van der Waals surface area contributed by atoms with Gasteiger partial charge in [-0.15, -0.1) is 0 Å². The van der Waals surface area contributed by atoms with Gasteiger partial charge in [0, 0.05) is 5.69 Å². The maximum atomic E-state index is 10.1. The third kappa shape index (κ3) is 5.06. The van der Waals surface area contributed by atoms with E-state index in [4.69, 9.17) is 4.74 Å². The summed E-state index contributed by atoms with van der Waals surface area (Å²) in [5.41, 5.74) is 1.78. The fraction of sp³-hybridized carbons (Fsp3) is 0.350. The van der Waals surface area contributed by atoms with Gasteiger partial charge in [0.15, 0.2) is 12.2 Å². The number of benzene rings is 2. The molecule has 1 heterocycles. The van der Waals surface area contributed by atoms with Crippen molar-refractivity contribution in [2.75, 3.05) is 11.9 Å². The average molecular weight is 387 g/mol. The molecule has 8 heteroatoms. The Hall–Kier alpha value is -2.49. The Labute approximate surface area is 163 Å². The second-order valence-corrected chi connectivity index (χ2v) is 6.55. The summed E-state index contributed by atoms with van der Waals surface area (Å²) in [5.74, 6) is 0.362. The predicted molar refractivity (Wildman–Crippen MR) is 105 cm³/mol. The lowest BCUT2D eigenvalue weighted by Gasteiger charge is -2.26. The summed E-state index contributed by atoms with van der Waals surface area (Å²) >= 11 is 0. The molecule has 0 radical (unpaired) electrons. The molecule has 150 valence electrons. The molecule has 2 aromatic rings. The first-order valence-electron chi connectivity index (χ1n) is 9.06. The average Bonchev–Trinajstić information content (AvgIpc) is 2.98. The van der Waals surface area contributed by atoms with Crippen molar-refractivity contribution >= 4 is 11.6 Å². The van der Waals surface area contributed by atoms with Gasteiger partial charge in [0.05, 0.1) is 19.2 Å². The second-order valence-electron chi connectivity index (χ2n) is 6.55. The van der Waals surface area contributed by atoms with Crippen molar-refractivity contribution in [3.63, 3.8) is 0 Å². The Balaban J connectivity index is 1.77. The highest BCUT2D eigenvalue weighted by molar-refractivity contribution is 5.93. The van der Waals surface area contributed by atoms with E-state index in [0.717, 1.165) is 11.3 Å². The number of anilines is 1. The monoisotopic (exact) mass is 387 g/mol. The Bertz CT molecular complexity index is 759. The van der Waals surface area contributed by atoms with Crippen molar-refractivity contribution in [2.24, 2.45) is 4.99 Å². The van der Waals surface area contributed by atoms with Crippen LogP contribution in [0, 0.1) is 0 Å². The number of guanidine groups is 1. The number of ether oxygens (including phenoxy) is 1.